The number of carbonyl (C=O) groups excluding carboxylic acids is 1. The number of benzene rings is 3. The third-order valence-corrected chi connectivity index (χ3v) is 4.33. The Morgan fingerprint density at radius 2 is 1.74 bits per heavy atom. The number of ether oxygens (including phenoxy) is 2. The predicted molar refractivity (Wildman–Crippen MR) is 106 cm³/mol. The molecule has 0 atom stereocenters. The molecule has 6 heteroatoms. The second-order valence-electron chi connectivity index (χ2n) is 5.58. The minimum Gasteiger partial charge on any atom is -0.494 e. The first kappa shape index (κ1) is 18.9. The lowest BCUT2D eigenvalue weighted by Crippen LogP contribution is -2.13. The minimum absolute atomic E-state index is 0.326. The van der Waals surface area contributed by atoms with Gasteiger partial charge in [0.25, 0.3) is 5.91 Å². The van der Waals surface area contributed by atoms with Gasteiger partial charge in [0.15, 0.2) is 5.75 Å². The van der Waals surface area contributed by atoms with Gasteiger partial charge >= 0.3 is 0 Å². The lowest BCUT2D eigenvalue weighted by Gasteiger charge is -2.13. The van der Waals surface area contributed by atoms with Crippen LogP contribution in [0.2, 0.25) is 0 Å². The first-order valence-corrected chi connectivity index (χ1v) is 9.12. The topological polar surface area (TPSA) is 47.6 Å². The lowest BCUT2D eigenvalue weighted by atomic mass is 10.2. The fourth-order valence-corrected chi connectivity index (χ4v) is 2.95. The summed E-state index contributed by atoms with van der Waals surface area (Å²) in [6.07, 6.45) is 0. The Morgan fingerprint density at radius 3 is 2.44 bits per heavy atom. The number of hydrogen-bond donors (Lipinski definition) is 1. The van der Waals surface area contributed by atoms with Crippen molar-refractivity contribution in [2.24, 2.45) is 0 Å². The Morgan fingerprint density at radius 1 is 1.04 bits per heavy atom. The number of nitrogens with one attached hydrogen (secondary N) is 1. The molecule has 0 fully saturated rings. The van der Waals surface area contributed by atoms with Gasteiger partial charge in [-0.25, -0.2) is 4.39 Å². The molecular formula is C21H17BrFNO3. The largest absolute Gasteiger partial charge is 0.494 e. The van der Waals surface area contributed by atoms with Crippen molar-refractivity contribution in [2.75, 3.05) is 11.9 Å². The molecule has 3 aromatic carbocycles. The van der Waals surface area contributed by atoms with Crippen molar-refractivity contribution in [2.45, 2.75) is 6.92 Å². The second kappa shape index (κ2) is 8.68. The van der Waals surface area contributed by atoms with Crippen LogP contribution in [-0.2, 0) is 0 Å². The zero-order valence-electron chi connectivity index (χ0n) is 14.5. The highest BCUT2D eigenvalue weighted by Crippen LogP contribution is 2.31. The molecule has 27 heavy (non-hydrogen) atoms. The summed E-state index contributed by atoms with van der Waals surface area (Å²) in [6, 6.07) is 18.2. The van der Waals surface area contributed by atoms with E-state index in [4.69, 9.17) is 9.47 Å². The van der Waals surface area contributed by atoms with Crippen molar-refractivity contribution in [1.82, 2.24) is 0 Å². The molecule has 0 aromatic heterocycles. The number of rotatable bonds is 6. The van der Waals surface area contributed by atoms with E-state index in [1.165, 1.54) is 18.2 Å². The van der Waals surface area contributed by atoms with Gasteiger partial charge in [-0.05, 0) is 77.5 Å². The van der Waals surface area contributed by atoms with Crippen molar-refractivity contribution in [1.29, 1.82) is 0 Å². The van der Waals surface area contributed by atoms with E-state index < -0.39 is 5.82 Å². The van der Waals surface area contributed by atoms with Crippen LogP contribution in [0.3, 0.4) is 0 Å². The van der Waals surface area contributed by atoms with Crippen LogP contribution in [0.5, 0.6) is 17.2 Å². The zero-order chi connectivity index (χ0) is 19.2. The highest BCUT2D eigenvalue weighted by Gasteiger charge is 2.14. The van der Waals surface area contributed by atoms with Crippen LogP contribution in [0, 0.1) is 5.82 Å². The molecule has 0 spiro atoms. The second-order valence-corrected chi connectivity index (χ2v) is 6.44. The Kier molecular flexibility index (Phi) is 6.08. The monoisotopic (exact) mass is 429 g/mol. The van der Waals surface area contributed by atoms with Gasteiger partial charge in [-0.2, -0.15) is 0 Å². The van der Waals surface area contributed by atoms with Gasteiger partial charge in [-0.15, -0.1) is 0 Å². The third-order valence-electron chi connectivity index (χ3n) is 3.67. The maximum absolute atomic E-state index is 13.2. The Balaban J connectivity index is 1.78. The van der Waals surface area contributed by atoms with E-state index in [0.29, 0.717) is 33.8 Å². The van der Waals surface area contributed by atoms with E-state index in [1.54, 1.807) is 30.3 Å². The fraction of sp³-hybridized carbons (Fsp3) is 0.0952. The molecule has 0 unspecified atom stereocenters. The first-order chi connectivity index (χ1) is 13.1. The van der Waals surface area contributed by atoms with Crippen molar-refractivity contribution in [3.63, 3.8) is 0 Å². The maximum atomic E-state index is 13.2. The smallest absolute Gasteiger partial charge is 0.256 e. The minimum atomic E-state index is -0.419. The molecule has 1 N–H and O–H groups in total. The first-order valence-electron chi connectivity index (χ1n) is 8.33. The van der Waals surface area contributed by atoms with Gasteiger partial charge < -0.3 is 14.8 Å². The van der Waals surface area contributed by atoms with Gasteiger partial charge in [0.1, 0.15) is 17.3 Å². The van der Waals surface area contributed by atoms with Crippen molar-refractivity contribution < 1.29 is 18.7 Å². The molecule has 3 aromatic rings. The molecule has 0 saturated carbocycles. The molecule has 0 bridgehead atoms. The van der Waals surface area contributed by atoms with Crippen molar-refractivity contribution >= 4 is 27.5 Å². The van der Waals surface area contributed by atoms with Crippen molar-refractivity contribution in [3.8, 4) is 17.2 Å². The molecule has 4 nitrogen and oxygen atoms in total. The summed E-state index contributed by atoms with van der Waals surface area (Å²) in [6.45, 7) is 2.51. The number of carbonyl (C=O) groups is 1. The summed E-state index contributed by atoms with van der Waals surface area (Å²) in [5.74, 6) is 1.08. The SMILES string of the molecule is CCOc1ccc(Oc2ccccc2NC(=O)c2ccc(F)cc2Br)cc1. The molecule has 0 aliphatic heterocycles. The maximum Gasteiger partial charge on any atom is 0.256 e. The van der Waals surface area contributed by atoms with E-state index in [9.17, 15) is 9.18 Å². The molecule has 0 aliphatic rings. The van der Waals surface area contributed by atoms with Crippen LogP contribution in [0.15, 0.2) is 71.2 Å². The molecule has 0 radical (unpaired) electrons. The van der Waals surface area contributed by atoms with E-state index in [2.05, 4.69) is 21.2 Å². The number of amides is 1. The average Bonchev–Trinajstić information content (AvgIpc) is 2.65. The van der Waals surface area contributed by atoms with E-state index in [1.807, 2.05) is 25.1 Å². The number of hydrogen-bond acceptors (Lipinski definition) is 3. The summed E-state index contributed by atoms with van der Waals surface area (Å²) in [5.41, 5.74) is 0.833. The van der Waals surface area contributed by atoms with Gasteiger partial charge in [0.2, 0.25) is 0 Å². The van der Waals surface area contributed by atoms with Crippen LogP contribution in [-0.4, -0.2) is 12.5 Å². The normalized spacial score (nSPS) is 10.3. The Bertz CT molecular complexity index is 944. The van der Waals surface area contributed by atoms with Crippen molar-refractivity contribution in [3.05, 3.63) is 82.6 Å². The van der Waals surface area contributed by atoms with E-state index in [0.717, 1.165) is 5.75 Å². The van der Waals surface area contributed by atoms with Crippen LogP contribution in [0.1, 0.15) is 17.3 Å². The molecule has 138 valence electrons. The quantitative estimate of drug-likeness (QED) is 0.520. The van der Waals surface area contributed by atoms with Crippen LogP contribution >= 0.6 is 15.9 Å². The molecule has 3 rings (SSSR count). The van der Waals surface area contributed by atoms with Crippen LogP contribution in [0.4, 0.5) is 10.1 Å². The Hall–Kier alpha value is -2.86. The van der Waals surface area contributed by atoms with Crippen LogP contribution < -0.4 is 14.8 Å². The van der Waals surface area contributed by atoms with Gasteiger partial charge in [-0.3, -0.25) is 4.79 Å². The summed E-state index contributed by atoms with van der Waals surface area (Å²) in [4.78, 5) is 12.5. The van der Waals surface area contributed by atoms with E-state index >= 15 is 0 Å². The number of anilines is 1. The molecular weight excluding hydrogens is 413 g/mol. The van der Waals surface area contributed by atoms with E-state index in [-0.39, 0.29) is 5.91 Å². The fourth-order valence-electron chi connectivity index (χ4n) is 2.42. The number of halogens is 2. The zero-order valence-corrected chi connectivity index (χ0v) is 16.1. The summed E-state index contributed by atoms with van der Waals surface area (Å²) < 4.78 is 24.9. The molecule has 1 amide bonds. The van der Waals surface area contributed by atoms with Gasteiger partial charge in [0.05, 0.1) is 17.9 Å². The van der Waals surface area contributed by atoms with Gasteiger partial charge in [0, 0.05) is 4.47 Å². The Labute approximate surface area is 165 Å². The molecule has 0 aliphatic carbocycles. The highest BCUT2D eigenvalue weighted by atomic mass is 79.9. The molecule has 0 heterocycles. The summed E-state index contributed by atoms with van der Waals surface area (Å²) in [7, 11) is 0. The standard InChI is InChI=1S/C21H17BrFNO3/c1-2-26-15-8-10-16(11-9-15)27-20-6-4-3-5-19(20)24-21(25)17-12-7-14(23)13-18(17)22/h3-13H,2H2,1H3,(H,24,25). The summed E-state index contributed by atoms with van der Waals surface area (Å²) >= 11 is 3.21. The average molecular weight is 430 g/mol. The lowest BCUT2D eigenvalue weighted by molar-refractivity contribution is 0.102. The van der Waals surface area contributed by atoms with Crippen LogP contribution in [0.25, 0.3) is 0 Å². The third kappa shape index (κ3) is 4.86. The highest BCUT2D eigenvalue weighted by molar-refractivity contribution is 9.10. The number of para-hydroxylation sites is 2. The summed E-state index contributed by atoms with van der Waals surface area (Å²) in [5, 5.41) is 2.80. The molecule has 0 saturated heterocycles. The predicted octanol–water partition coefficient (Wildman–Crippen LogP) is 6.03. The van der Waals surface area contributed by atoms with Gasteiger partial charge in [-0.1, -0.05) is 12.1 Å².